The van der Waals surface area contributed by atoms with E-state index in [0.717, 1.165) is 22.2 Å². The van der Waals surface area contributed by atoms with Crippen molar-refractivity contribution >= 4 is 16.8 Å². The minimum atomic E-state index is -0.0669. The fourth-order valence-corrected chi connectivity index (χ4v) is 3.31. The van der Waals surface area contributed by atoms with Crippen molar-refractivity contribution in [3.05, 3.63) is 60.7 Å². The summed E-state index contributed by atoms with van der Waals surface area (Å²) < 4.78 is 13.0. The van der Waals surface area contributed by atoms with Crippen molar-refractivity contribution in [2.24, 2.45) is 0 Å². The minimum absolute atomic E-state index is 0.0299. The molecule has 3 aromatic rings. The van der Waals surface area contributed by atoms with Gasteiger partial charge in [-0.25, -0.2) is 0 Å². The van der Waals surface area contributed by atoms with Gasteiger partial charge >= 0.3 is 0 Å². The zero-order valence-corrected chi connectivity index (χ0v) is 14.6. The van der Waals surface area contributed by atoms with E-state index < -0.39 is 0 Å². The summed E-state index contributed by atoms with van der Waals surface area (Å²) >= 11 is 0. The lowest BCUT2D eigenvalue weighted by atomic mass is 10.1. The van der Waals surface area contributed by atoms with Gasteiger partial charge in [-0.1, -0.05) is 48.5 Å². The fraction of sp³-hybridized carbons (Fsp3) is 0.286. The quantitative estimate of drug-likeness (QED) is 0.770. The lowest BCUT2D eigenvalue weighted by Gasteiger charge is -2.23. The minimum Gasteiger partial charge on any atom is -0.376 e. The van der Waals surface area contributed by atoms with Gasteiger partial charge in [-0.05, 0) is 17.7 Å². The monoisotopic (exact) mass is 350 g/mol. The molecule has 1 saturated heterocycles. The maximum absolute atomic E-state index is 12.6. The number of hydrogen-bond donors (Lipinski definition) is 1. The number of hydrogen-bond acceptors (Lipinski definition) is 3. The summed E-state index contributed by atoms with van der Waals surface area (Å²) in [5.41, 5.74) is 3.19. The summed E-state index contributed by atoms with van der Waals surface area (Å²) in [6, 6.07) is 20.4. The van der Waals surface area contributed by atoms with Gasteiger partial charge in [0, 0.05) is 23.1 Å². The molecule has 1 aliphatic heterocycles. The third-order valence-electron chi connectivity index (χ3n) is 4.59. The molecule has 134 valence electrons. The van der Waals surface area contributed by atoms with Gasteiger partial charge < -0.3 is 19.4 Å². The van der Waals surface area contributed by atoms with Gasteiger partial charge in [0.1, 0.15) is 6.54 Å². The lowest BCUT2D eigenvalue weighted by Crippen LogP contribution is -2.40. The van der Waals surface area contributed by atoms with E-state index in [2.05, 4.69) is 34.1 Å². The second-order valence-electron chi connectivity index (χ2n) is 6.41. The van der Waals surface area contributed by atoms with Crippen LogP contribution < -0.4 is 5.32 Å². The van der Waals surface area contributed by atoms with Crippen LogP contribution in [0.1, 0.15) is 0 Å². The summed E-state index contributed by atoms with van der Waals surface area (Å²) in [5.74, 6) is -0.0299. The van der Waals surface area contributed by atoms with Gasteiger partial charge in [-0.15, -0.1) is 0 Å². The number of carbonyl (C=O) groups excluding carboxylic acids is 1. The SMILES string of the molecule is O=C(Cn1c(-c2ccccc2)cc2ccccc21)NC[C@@H]1COCCO1. The first-order valence-corrected chi connectivity index (χ1v) is 8.91. The van der Waals surface area contributed by atoms with E-state index in [1.807, 2.05) is 36.4 Å². The first-order valence-electron chi connectivity index (χ1n) is 8.91. The first-order chi connectivity index (χ1) is 12.8. The Morgan fingerprint density at radius 2 is 1.88 bits per heavy atom. The molecule has 2 aromatic carbocycles. The number of amides is 1. The topological polar surface area (TPSA) is 52.5 Å². The zero-order chi connectivity index (χ0) is 17.8. The molecule has 0 saturated carbocycles. The van der Waals surface area contributed by atoms with Crippen molar-refractivity contribution < 1.29 is 14.3 Å². The van der Waals surface area contributed by atoms with Crippen LogP contribution in [0.25, 0.3) is 22.2 Å². The maximum Gasteiger partial charge on any atom is 0.240 e. The van der Waals surface area contributed by atoms with Crippen LogP contribution in [0.4, 0.5) is 0 Å². The molecule has 1 aromatic heterocycles. The highest BCUT2D eigenvalue weighted by atomic mass is 16.6. The van der Waals surface area contributed by atoms with E-state index in [0.29, 0.717) is 26.4 Å². The molecule has 4 rings (SSSR count). The molecule has 26 heavy (non-hydrogen) atoms. The van der Waals surface area contributed by atoms with Gasteiger partial charge in [0.25, 0.3) is 0 Å². The Bertz CT molecular complexity index is 883. The average molecular weight is 350 g/mol. The third-order valence-corrected chi connectivity index (χ3v) is 4.59. The highest BCUT2D eigenvalue weighted by Crippen LogP contribution is 2.28. The number of ether oxygens (including phenoxy) is 2. The van der Waals surface area contributed by atoms with Crippen LogP contribution >= 0.6 is 0 Å². The van der Waals surface area contributed by atoms with Crippen molar-refractivity contribution in [2.45, 2.75) is 12.6 Å². The van der Waals surface area contributed by atoms with Crippen LogP contribution in [0.15, 0.2) is 60.7 Å². The predicted octanol–water partition coefficient (Wildman–Crippen LogP) is 2.84. The fourth-order valence-electron chi connectivity index (χ4n) is 3.31. The lowest BCUT2D eigenvalue weighted by molar-refractivity contribution is -0.124. The van der Waals surface area contributed by atoms with Crippen molar-refractivity contribution in [3.63, 3.8) is 0 Å². The standard InChI is InChI=1S/C21H22N2O3/c24-21(22-13-18-15-25-10-11-26-18)14-23-19-9-5-4-8-17(19)12-20(23)16-6-2-1-3-7-16/h1-9,12,18H,10-11,13-15H2,(H,22,24)/t18-/m1/s1. The molecule has 2 heterocycles. The predicted molar refractivity (Wildman–Crippen MR) is 101 cm³/mol. The third kappa shape index (κ3) is 3.64. The number of aromatic nitrogens is 1. The number of fused-ring (bicyclic) bond motifs is 1. The number of rotatable bonds is 5. The largest absolute Gasteiger partial charge is 0.376 e. The van der Waals surface area contributed by atoms with E-state index in [-0.39, 0.29) is 18.6 Å². The molecule has 0 radical (unpaired) electrons. The van der Waals surface area contributed by atoms with Crippen LogP contribution in [-0.2, 0) is 20.8 Å². The normalized spacial score (nSPS) is 17.3. The van der Waals surface area contributed by atoms with Crippen molar-refractivity contribution in [2.75, 3.05) is 26.4 Å². The van der Waals surface area contributed by atoms with Crippen molar-refractivity contribution in [1.29, 1.82) is 0 Å². The summed E-state index contributed by atoms with van der Waals surface area (Å²) in [6.07, 6.45) is -0.0669. The molecule has 1 N–H and O–H groups in total. The average Bonchev–Trinajstić information content (AvgIpc) is 3.06. The van der Waals surface area contributed by atoms with Gasteiger partial charge in [0.2, 0.25) is 5.91 Å². The zero-order valence-electron chi connectivity index (χ0n) is 14.6. The van der Waals surface area contributed by atoms with E-state index in [4.69, 9.17) is 9.47 Å². The van der Waals surface area contributed by atoms with Gasteiger partial charge in [-0.2, -0.15) is 0 Å². The molecule has 1 amide bonds. The molecule has 0 spiro atoms. The Balaban J connectivity index is 1.55. The number of nitrogens with one attached hydrogen (secondary N) is 1. The smallest absolute Gasteiger partial charge is 0.240 e. The Morgan fingerprint density at radius 3 is 2.69 bits per heavy atom. The van der Waals surface area contributed by atoms with E-state index in [9.17, 15) is 4.79 Å². The molecule has 5 nitrogen and oxygen atoms in total. The Kier molecular flexibility index (Phi) is 5.00. The first kappa shape index (κ1) is 16.8. The molecule has 5 heteroatoms. The molecule has 1 aliphatic rings. The second-order valence-corrected chi connectivity index (χ2v) is 6.41. The van der Waals surface area contributed by atoms with Crippen LogP contribution in [0.3, 0.4) is 0 Å². The Morgan fingerprint density at radius 1 is 1.08 bits per heavy atom. The molecule has 1 atom stereocenters. The Hall–Kier alpha value is -2.63. The molecular formula is C21H22N2O3. The van der Waals surface area contributed by atoms with E-state index in [1.165, 1.54) is 0 Å². The van der Waals surface area contributed by atoms with Crippen molar-refractivity contribution in [1.82, 2.24) is 9.88 Å². The van der Waals surface area contributed by atoms with Gasteiger partial charge in [-0.3, -0.25) is 4.79 Å². The molecule has 0 aliphatic carbocycles. The molecule has 1 fully saturated rings. The van der Waals surface area contributed by atoms with Crippen LogP contribution in [0.2, 0.25) is 0 Å². The highest BCUT2D eigenvalue weighted by molar-refractivity contribution is 5.89. The van der Waals surface area contributed by atoms with Crippen LogP contribution in [-0.4, -0.2) is 42.9 Å². The van der Waals surface area contributed by atoms with Crippen LogP contribution in [0.5, 0.6) is 0 Å². The van der Waals surface area contributed by atoms with Gasteiger partial charge in [0.05, 0.1) is 25.9 Å². The number of benzene rings is 2. The number of para-hydroxylation sites is 1. The van der Waals surface area contributed by atoms with Crippen LogP contribution in [0, 0.1) is 0 Å². The van der Waals surface area contributed by atoms with Crippen molar-refractivity contribution in [3.8, 4) is 11.3 Å². The molecule has 0 bridgehead atoms. The highest BCUT2D eigenvalue weighted by Gasteiger charge is 2.17. The summed E-state index contributed by atoms with van der Waals surface area (Å²) in [7, 11) is 0. The summed E-state index contributed by atoms with van der Waals surface area (Å²) in [4.78, 5) is 12.6. The number of nitrogens with zero attached hydrogens (tertiary/aromatic N) is 1. The molecule has 0 unspecified atom stereocenters. The second kappa shape index (κ2) is 7.72. The molecular weight excluding hydrogens is 328 g/mol. The summed E-state index contributed by atoms with van der Waals surface area (Å²) in [6.45, 7) is 2.48. The Labute approximate surface area is 152 Å². The number of carbonyl (C=O) groups is 1. The van der Waals surface area contributed by atoms with E-state index in [1.54, 1.807) is 0 Å². The summed E-state index contributed by atoms with van der Waals surface area (Å²) in [5, 5.41) is 4.10. The van der Waals surface area contributed by atoms with Gasteiger partial charge in [0.15, 0.2) is 0 Å². The van der Waals surface area contributed by atoms with E-state index >= 15 is 0 Å². The maximum atomic E-state index is 12.6.